The van der Waals surface area contributed by atoms with E-state index in [1.165, 1.54) is 0 Å². The molecular formula is C13H16F5NO. The first-order valence-corrected chi connectivity index (χ1v) is 6.09. The van der Waals surface area contributed by atoms with Gasteiger partial charge >= 0.3 is 12.3 Å². The van der Waals surface area contributed by atoms with Crippen molar-refractivity contribution in [3.8, 4) is 5.75 Å². The van der Waals surface area contributed by atoms with Crippen molar-refractivity contribution in [2.45, 2.75) is 32.2 Å². The molecule has 0 spiro atoms. The van der Waals surface area contributed by atoms with E-state index in [1.807, 2.05) is 6.92 Å². The van der Waals surface area contributed by atoms with Crippen LogP contribution in [0.3, 0.4) is 0 Å². The second kappa shape index (κ2) is 6.88. The molecule has 1 unspecified atom stereocenters. The van der Waals surface area contributed by atoms with Gasteiger partial charge in [0.2, 0.25) is 0 Å². The van der Waals surface area contributed by atoms with E-state index in [-0.39, 0.29) is 11.8 Å². The summed E-state index contributed by atoms with van der Waals surface area (Å²) in [6.45, 7) is 2.63. The van der Waals surface area contributed by atoms with Crippen molar-refractivity contribution in [3.05, 3.63) is 29.6 Å². The summed E-state index contributed by atoms with van der Waals surface area (Å²) in [4.78, 5) is 0. The molecule has 0 amide bonds. The maximum atomic E-state index is 13.2. The zero-order valence-corrected chi connectivity index (χ0v) is 11.1. The standard InChI is InChI=1S/C13H16F5NO/c1-3-19-8(2)10-6-9(14)4-5-11(10)20-7-13(17,18)12(15)16/h4-6,8,12,19H,3,7H2,1-2H3. The van der Waals surface area contributed by atoms with Crippen LogP contribution in [0, 0.1) is 5.82 Å². The van der Waals surface area contributed by atoms with E-state index in [1.54, 1.807) is 6.92 Å². The lowest BCUT2D eigenvalue weighted by atomic mass is 10.1. The molecule has 2 nitrogen and oxygen atoms in total. The van der Waals surface area contributed by atoms with Gasteiger partial charge in [-0.25, -0.2) is 13.2 Å². The van der Waals surface area contributed by atoms with Gasteiger partial charge in [-0.05, 0) is 31.7 Å². The van der Waals surface area contributed by atoms with Gasteiger partial charge in [0, 0.05) is 11.6 Å². The van der Waals surface area contributed by atoms with E-state index in [0.717, 1.165) is 18.2 Å². The first kappa shape index (κ1) is 16.7. The van der Waals surface area contributed by atoms with Crippen molar-refractivity contribution in [2.75, 3.05) is 13.2 Å². The average molecular weight is 297 g/mol. The molecule has 1 aromatic rings. The number of alkyl halides is 4. The minimum absolute atomic E-state index is 0.0415. The summed E-state index contributed by atoms with van der Waals surface area (Å²) in [5, 5.41) is 2.97. The zero-order valence-electron chi connectivity index (χ0n) is 11.1. The fourth-order valence-electron chi connectivity index (χ4n) is 1.64. The second-order valence-electron chi connectivity index (χ2n) is 4.31. The van der Waals surface area contributed by atoms with Crippen LogP contribution in [0.5, 0.6) is 5.75 Å². The van der Waals surface area contributed by atoms with Gasteiger partial charge in [-0.2, -0.15) is 8.78 Å². The van der Waals surface area contributed by atoms with Gasteiger partial charge in [0.05, 0.1) is 0 Å². The van der Waals surface area contributed by atoms with Crippen molar-refractivity contribution < 1.29 is 26.7 Å². The SMILES string of the molecule is CCNC(C)c1cc(F)ccc1OCC(F)(F)C(F)F. The Morgan fingerprint density at radius 3 is 2.50 bits per heavy atom. The van der Waals surface area contributed by atoms with Crippen molar-refractivity contribution >= 4 is 0 Å². The van der Waals surface area contributed by atoms with Gasteiger partial charge in [-0.15, -0.1) is 0 Å². The van der Waals surface area contributed by atoms with E-state index in [9.17, 15) is 22.0 Å². The highest BCUT2D eigenvalue weighted by molar-refractivity contribution is 5.36. The Balaban J connectivity index is 2.89. The minimum atomic E-state index is -4.24. The topological polar surface area (TPSA) is 21.3 Å². The van der Waals surface area contributed by atoms with Gasteiger partial charge in [-0.1, -0.05) is 6.92 Å². The van der Waals surface area contributed by atoms with Crippen LogP contribution in [0.4, 0.5) is 22.0 Å². The van der Waals surface area contributed by atoms with Crippen LogP contribution in [0.15, 0.2) is 18.2 Å². The summed E-state index contributed by atoms with van der Waals surface area (Å²) in [6.07, 6.45) is -3.81. The van der Waals surface area contributed by atoms with Crippen LogP contribution in [-0.2, 0) is 0 Å². The van der Waals surface area contributed by atoms with Crippen LogP contribution < -0.4 is 10.1 Å². The van der Waals surface area contributed by atoms with Crippen molar-refractivity contribution in [1.29, 1.82) is 0 Å². The third-order valence-electron chi connectivity index (χ3n) is 2.69. The Bertz CT molecular complexity index is 439. The fraction of sp³-hybridized carbons (Fsp3) is 0.538. The molecule has 0 aliphatic heterocycles. The summed E-state index contributed by atoms with van der Waals surface area (Å²) in [5.41, 5.74) is 0.303. The number of nitrogens with one attached hydrogen (secondary N) is 1. The van der Waals surface area contributed by atoms with Gasteiger partial charge in [-0.3, -0.25) is 0 Å². The molecule has 1 aromatic carbocycles. The zero-order chi connectivity index (χ0) is 15.3. The Morgan fingerprint density at radius 1 is 1.30 bits per heavy atom. The van der Waals surface area contributed by atoms with Crippen molar-refractivity contribution in [3.63, 3.8) is 0 Å². The summed E-state index contributed by atoms with van der Waals surface area (Å²) in [7, 11) is 0. The molecule has 0 aliphatic rings. The monoisotopic (exact) mass is 297 g/mol. The van der Waals surface area contributed by atoms with Crippen molar-refractivity contribution in [2.24, 2.45) is 0 Å². The molecular weight excluding hydrogens is 281 g/mol. The van der Waals surface area contributed by atoms with Crippen LogP contribution in [0.2, 0.25) is 0 Å². The maximum absolute atomic E-state index is 13.2. The van der Waals surface area contributed by atoms with Crippen LogP contribution >= 0.6 is 0 Å². The first-order chi connectivity index (χ1) is 9.27. The fourth-order valence-corrected chi connectivity index (χ4v) is 1.64. The normalized spacial score (nSPS) is 13.6. The molecule has 0 fully saturated rings. The maximum Gasteiger partial charge on any atom is 0.340 e. The molecule has 7 heteroatoms. The molecule has 1 atom stereocenters. The molecule has 0 aromatic heterocycles. The highest BCUT2D eigenvalue weighted by Gasteiger charge is 2.41. The van der Waals surface area contributed by atoms with E-state index >= 15 is 0 Å². The lowest BCUT2D eigenvalue weighted by molar-refractivity contribution is -0.148. The molecule has 20 heavy (non-hydrogen) atoms. The third-order valence-corrected chi connectivity index (χ3v) is 2.69. The molecule has 0 saturated carbocycles. The third kappa shape index (κ3) is 4.33. The molecule has 0 heterocycles. The Morgan fingerprint density at radius 2 is 1.95 bits per heavy atom. The molecule has 114 valence electrons. The number of ether oxygens (including phenoxy) is 1. The summed E-state index contributed by atoms with van der Waals surface area (Å²) < 4.78 is 67.7. The van der Waals surface area contributed by atoms with Gasteiger partial charge in [0.25, 0.3) is 0 Å². The van der Waals surface area contributed by atoms with E-state index in [2.05, 4.69) is 5.32 Å². The highest BCUT2D eigenvalue weighted by Crippen LogP contribution is 2.29. The predicted octanol–water partition coefficient (Wildman–Crippen LogP) is 3.78. The lowest BCUT2D eigenvalue weighted by Gasteiger charge is -2.20. The smallest absolute Gasteiger partial charge is 0.340 e. The van der Waals surface area contributed by atoms with Crippen LogP contribution in [0.1, 0.15) is 25.5 Å². The number of benzene rings is 1. The number of hydrogen-bond donors (Lipinski definition) is 1. The molecule has 0 saturated heterocycles. The van der Waals surface area contributed by atoms with Gasteiger partial charge < -0.3 is 10.1 Å². The number of hydrogen-bond acceptors (Lipinski definition) is 2. The quantitative estimate of drug-likeness (QED) is 0.773. The van der Waals surface area contributed by atoms with E-state index in [0.29, 0.717) is 12.1 Å². The van der Waals surface area contributed by atoms with E-state index in [4.69, 9.17) is 4.74 Å². The predicted molar refractivity (Wildman–Crippen MR) is 64.9 cm³/mol. The Hall–Kier alpha value is -1.37. The number of halogens is 5. The van der Waals surface area contributed by atoms with E-state index < -0.39 is 24.8 Å². The molecule has 0 bridgehead atoms. The first-order valence-electron chi connectivity index (χ1n) is 6.09. The number of rotatable bonds is 7. The van der Waals surface area contributed by atoms with Crippen LogP contribution in [0.25, 0.3) is 0 Å². The largest absolute Gasteiger partial charge is 0.487 e. The molecule has 0 radical (unpaired) electrons. The summed E-state index contributed by atoms with van der Waals surface area (Å²) in [6, 6.07) is 2.95. The summed E-state index contributed by atoms with van der Waals surface area (Å²) >= 11 is 0. The molecule has 1 rings (SSSR count). The highest BCUT2D eigenvalue weighted by atomic mass is 19.3. The Labute approximate surface area is 113 Å². The van der Waals surface area contributed by atoms with Crippen LogP contribution in [-0.4, -0.2) is 25.5 Å². The lowest BCUT2D eigenvalue weighted by Crippen LogP contribution is -2.34. The molecule has 0 aliphatic carbocycles. The van der Waals surface area contributed by atoms with Crippen molar-refractivity contribution in [1.82, 2.24) is 5.32 Å². The molecule has 1 N–H and O–H groups in total. The van der Waals surface area contributed by atoms with Gasteiger partial charge in [0.1, 0.15) is 11.6 Å². The second-order valence-corrected chi connectivity index (χ2v) is 4.31. The average Bonchev–Trinajstić information content (AvgIpc) is 2.37. The summed E-state index contributed by atoms with van der Waals surface area (Å²) in [5.74, 6) is -4.84. The Kier molecular flexibility index (Phi) is 5.74. The minimum Gasteiger partial charge on any atom is -0.487 e. The van der Waals surface area contributed by atoms with Gasteiger partial charge in [0.15, 0.2) is 6.61 Å².